The van der Waals surface area contributed by atoms with Crippen LogP contribution in [0.3, 0.4) is 0 Å². The minimum absolute atomic E-state index is 0.378. The zero-order chi connectivity index (χ0) is 12.1. The van der Waals surface area contributed by atoms with E-state index in [4.69, 9.17) is 4.74 Å². The quantitative estimate of drug-likeness (QED) is 0.828. The van der Waals surface area contributed by atoms with Crippen LogP contribution in [0.25, 0.3) is 0 Å². The predicted octanol–water partition coefficient (Wildman–Crippen LogP) is 0.905. The Morgan fingerprint density at radius 2 is 2.29 bits per heavy atom. The number of aromatic nitrogens is 3. The summed E-state index contributed by atoms with van der Waals surface area (Å²) in [5, 5.41) is 11.5. The van der Waals surface area contributed by atoms with E-state index in [0.29, 0.717) is 12.1 Å². The minimum Gasteiger partial charge on any atom is -0.380 e. The smallest absolute Gasteiger partial charge is 0.133 e. The molecule has 2 atom stereocenters. The Bertz CT molecular complexity index is 339. The van der Waals surface area contributed by atoms with Crippen LogP contribution in [0.15, 0.2) is 6.33 Å². The molecule has 0 aliphatic heterocycles. The van der Waals surface area contributed by atoms with Crippen LogP contribution in [0, 0.1) is 0 Å². The molecule has 1 heterocycles. The Labute approximate surface area is 103 Å². The van der Waals surface area contributed by atoms with Crippen molar-refractivity contribution in [2.45, 2.75) is 44.2 Å². The molecule has 5 heteroatoms. The summed E-state index contributed by atoms with van der Waals surface area (Å²) in [5.41, 5.74) is 0. The maximum absolute atomic E-state index is 5.52. The highest BCUT2D eigenvalue weighted by atomic mass is 16.5. The van der Waals surface area contributed by atoms with E-state index in [9.17, 15) is 0 Å². The molecule has 1 fully saturated rings. The van der Waals surface area contributed by atoms with Gasteiger partial charge in [-0.25, -0.2) is 0 Å². The maximum atomic E-state index is 5.52. The molecule has 0 saturated heterocycles. The monoisotopic (exact) mass is 238 g/mol. The number of ether oxygens (including phenoxy) is 1. The Morgan fingerprint density at radius 3 is 3.00 bits per heavy atom. The SMILES string of the molecule is COC1CCCCC1NCCc1nncn1C. The number of rotatable bonds is 5. The minimum atomic E-state index is 0.378. The fraction of sp³-hybridized carbons (Fsp3) is 0.833. The molecule has 5 nitrogen and oxygen atoms in total. The molecule has 2 unspecified atom stereocenters. The molecule has 0 aromatic carbocycles. The summed E-state index contributed by atoms with van der Waals surface area (Å²) < 4.78 is 7.49. The summed E-state index contributed by atoms with van der Waals surface area (Å²) in [5.74, 6) is 1.03. The lowest BCUT2D eigenvalue weighted by Crippen LogP contribution is -2.43. The zero-order valence-corrected chi connectivity index (χ0v) is 10.7. The molecule has 96 valence electrons. The molecule has 2 rings (SSSR count). The van der Waals surface area contributed by atoms with Crippen LogP contribution in [0.2, 0.25) is 0 Å². The van der Waals surface area contributed by atoms with Crippen molar-refractivity contribution >= 4 is 0 Å². The Balaban J connectivity index is 1.75. The molecule has 1 aliphatic rings. The molecular formula is C12H22N4O. The second kappa shape index (κ2) is 6.12. The van der Waals surface area contributed by atoms with E-state index < -0.39 is 0 Å². The summed E-state index contributed by atoms with van der Waals surface area (Å²) in [7, 11) is 3.79. The molecule has 0 amide bonds. The lowest BCUT2D eigenvalue weighted by molar-refractivity contribution is 0.0421. The van der Waals surface area contributed by atoms with Crippen LogP contribution >= 0.6 is 0 Å². The summed E-state index contributed by atoms with van der Waals surface area (Å²) in [6.45, 7) is 0.942. The van der Waals surface area contributed by atoms with Gasteiger partial charge in [-0.05, 0) is 12.8 Å². The van der Waals surface area contributed by atoms with Crippen LogP contribution in [0.4, 0.5) is 0 Å². The van der Waals surface area contributed by atoms with E-state index in [1.807, 2.05) is 18.7 Å². The number of aryl methyl sites for hydroxylation is 1. The van der Waals surface area contributed by atoms with E-state index in [0.717, 1.165) is 18.8 Å². The fourth-order valence-electron chi connectivity index (χ4n) is 2.52. The lowest BCUT2D eigenvalue weighted by atomic mass is 9.92. The summed E-state index contributed by atoms with van der Waals surface area (Å²) in [6, 6.07) is 0.502. The van der Waals surface area contributed by atoms with E-state index in [-0.39, 0.29) is 0 Å². The number of methoxy groups -OCH3 is 1. The summed E-state index contributed by atoms with van der Waals surface area (Å²) >= 11 is 0. The van der Waals surface area contributed by atoms with Crippen molar-refractivity contribution in [3.05, 3.63) is 12.2 Å². The maximum Gasteiger partial charge on any atom is 0.133 e. The molecule has 1 aromatic heterocycles. The Hall–Kier alpha value is -0.940. The van der Waals surface area contributed by atoms with Crippen molar-refractivity contribution in [1.82, 2.24) is 20.1 Å². The average Bonchev–Trinajstić information content (AvgIpc) is 2.76. The molecule has 1 aromatic rings. The molecule has 0 bridgehead atoms. The van der Waals surface area contributed by atoms with Gasteiger partial charge in [0.1, 0.15) is 12.2 Å². The van der Waals surface area contributed by atoms with Gasteiger partial charge in [0.2, 0.25) is 0 Å². The molecule has 1 saturated carbocycles. The van der Waals surface area contributed by atoms with Crippen molar-refractivity contribution in [2.24, 2.45) is 7.05 Å². The first-order valence-corrected chi connectivity index (χ1v) is 6.40. The molecular weight excluding hydrogens is 216 g/mol. The highest BCUT2D eigenvalue weighted by Crippen LogP contribution is 2.20. The Morgan fingerprint density at radius 1 is 1.47 bits per heavy atom. The van der Waals surface area contributed by atoms with Gasteiger partial charge in [-0.3, -0.25) is 0 Å². The van der Waals surface area contributed by atoms with Gasteiger partial charge < -0.3 is 14.6 Å². The second-order valence-corrected chi connectivity index (χ2v) is 4.73. The van der Waals surface area contributed by atoms with Gasteiger partial charge in [-0.2, -0.15) is 0 Å². The molecule has 1 N–H and O–H groups in total. The number of hydrogen-bond acceptors (Lipinski definition) is 4. The first kappa shape index (κ1) is 12.5. The predicted molar refractivity (Wildman–Crippen MR) is 65.8 cm³/mol. The second-order valence-electron chi connectivity index (χ2n) is 4.73. The third-order valence-corrected chi connectivity index (χ3v) is 3.57. The molecule has 0 radical (unpaired) electrons. The number of nitrogens with zero attached hydrogens (tertiary/aromatic N) is 3. The highest BCUT2D eigenvalue weighted by Gasteiger charge is 2.24. The van der Waals surface area contributed by atoms with Gasteiger partial charge in [-0.1, -0.05) is 12.8 Å². The van der Waals surface area contributed by atoms with E-state index in [1.165, 1.54) is 25.7 Å². The van der Waals surface area contributed by atoms with Crippen molar-refractivity contribution in [1.29, 1.82) is 0 Å². The van der Waals surface area contributed by atoms with Crippen LogP contribution in [0.5, 0.6) is 0 Å². The van der Waals surface area contributed by atoms with Crippen molar-refractivity contribution in [2.75, 3.05) is 13.7 Å². The summed E-state index contributed by atoms with van der Waals surface area (Å²) in [4.78, 5) is 0. The largest absolute Gasteiger partial charge is 0.380 e. The molecule has 17 heavy (non-hydrogen) atoms. The molecule has 1 aliphatic carbocycles. The van der Waals surface area contributed by atoms with E-state index in [1.54, 1.807) is 6.33 Å². The number of nitrogens with one attached hydrogen (secondary N) is 1. The normalized spacial score (nSPS) is 25.1. The summed E-state index contributed by atoms with van der Waals surface area (Å²) in [6.07, 6.45) is 8.04. The van der Waals surface area contributed by atoms with Gasteiger partial charge in [0.25, 0.3) is 0 Å². The molecule has 0 spiro atoms. The van der Waals surface area contributed by atoms with Crippen molar-refractivity contribution in [3.63, 3.8) is 0 Å². The third kappa shape index (κ3) is 3.26. The van der Waals surface area contributed by atoms with Gasteiger partial charge in [0, 0.05) is 33.2 Å². The zero-order valence-electron chi connectivity index (χ0n) is 10.7. The topological polar surface area (TPSA) is 52.0 Å². The first-order chi connectivity index (χ1) is 8.31. The Kier molecular flexibility index (Phi) is 4.50. The van der Waals surface area contributed by atoms with Crippen LogP contribution in [0.1, 0.15) is 31.5 Å². The van der Waals surface area contributed by atoms with Crippen LogP contribution in [-0.2, 0) is 18.2 Å². The van der Waals surface area contributed by atoms with E-state index >= 15 is 0 Å². The van der Waals surface area contributed by atoms with Crippen molar-refractivity contribution in [3.8, 4) is 0 Å². The van der Waals surface area contributed by atoms with E-state index in [2.05, 4.69) is 15.5 Å². The first-order valence-electron chi connectivity index (χ1n) is 6.40. The average molecular weight is 238 g/mol. The fourth-order valence-corrected chi connectivity index (χ4v) is 2.52. The van der Waals surface area contributed by atoms with Gasteiger partial charge in [0.05, 0.1) is 6.10 Å². The lowest BCUT2D eigenvalue weighted by Gasteiger charge is -2.31. The number of hydrogen-bond donors (Lipinski definition) is 1. The van der Waals surface area contributed by atoms with Crippen molar-refractivity contribution < 1.29 is 4.74 Å². The van der Waals surface area contributed by atoms with Crippen LogP contribution in [-0.4, -0.2) is 40.6 Å². The van der Waals surface area contributed by atoms with Gasteiger partial charge in [-0.15, -0.1) is 10.2 Å². The van der Waals surface area contributed by atoms with Gasteiger partial charge >= 0.3 is 0 Å². The van der Waals surface area contributed by atoms with Gasteiger partial charge in [0.15, 0.2) is 0 Å². The highest BCUT2D eigenvalue weighted by molar-refractivity contribution is 4.87. The standard InChI is InChI=1S/C12H22N4O/c1-16-9-14-15-12(16)7-8-13-10-5-3-4-6-11(10)17-2/h9-11,13H,3-8H2,1-2H3. The third-order valence-electron chi connectivity index (χ3n) is 3.57. The van der Waals surface area contributed by atoms with Crippen LogP contribution < -0.4 is 5.32 Å².